The minimum Gasteiger partial charge on any atom is -0.480 e. The summed E-state index contributed by atoms with van der Waals surface area (Å²) in [5.41, 5.74) is 0.964. The monoisotopic (exact) mass is 262 g/mol. The Morgan fingerprint density at radius 2 is 2.26 bits per heavy atom. The molecule has 1 aromatic heterocycles. The van der Waals surface area contributed by atoms with Crippen molar-refractivity contribution in [2.24, 2.45) is 0 Å². The average Bonchev–Trinajstić information content (AvgIpc) is 2.89. The number of carbonyl (C=O) groups is 2. The number of carbonyl (C=O) groups excluding carboxylic acids is 1. The molecule has 5 nitrogen and oxygen atoms in total. The number of hydrogen-bond donors (Lipinski definition) is 1. The van der Waals surface area contributed by atoms with Crippen LogP contribution in [0.2, 0.25) is 0 Å². The molecule has 0 spiro atoms. The largest absolute Gasteiger partial charge is 0.480 e. The zero-order valence-corrected chi connectivity index (χ0v) is 10.8. The van der Waals surface area contributed by atoms with Gasteiger partial charge in [0.1, 0.15) is 6.04 Å². The molecule has 1 amide bonds. The number of likely N-dealkylation sites (tertiary alicyclic amines) is 1. The van der Waals surface area contributed by atoms with Crippen molar-refractivity contribution in [2.75, 3.05) is 6.54 Å². The number of amides is 1. The van der Waals surface area contributed by atoms with E-state index in [1.165, 1.54) is 4.90 Å². The second-order valence-corrected chi connectivity index (χ2v) is 4.76. The summed E-state index contributed by atoms with van der Waals surface area (Å²) < 4.78 is 0. The first-order valence-corrected chi connectivity index (χ1v) is 6.60. The highest BCUT2D eigenvalue weighted by Gasteiger charge is 2.33. The number of nitrogens with zero attached hydrogens (tertiary/aromatic N) is 2. The average molecular weight is 262 g/mol. The highest BCUT2D eigenvalue weighted by atomic mass is 16.4. The summed E-state index contributed by atoms with van der Waals surface area (Å²) in [5, 5.41) is 9.03. The van der Waals surface area contributed by atoms with Crippen LogP contribution >= 0.6 is 0 Å². The van der Waals surface area contributed by atoms with Gasteiger partial charge in [0, 0.05) is 24.9 Å². The van der Waals surface area contributed by atoms with Gasteiger partial charge >= 0.3 is 5.97 Å². The maximum atomic E-state index is 12.0. The van der Waals surface area contributed by atoms with Crippen LogP contribution < -0.4 is 0 Å². The SMILES string of the molecule is O=C(O)[C@H]1CCCN1C(=O)CCCc1ccccn1. The molecule has 1 fully saturated rings. The van der Waals surface area contributed by atoms with Crippen LogP contribution in [0, 0.1) is 0 Å². The molecule has 0 aliphatic carbocycles. The standard InChI is InChI=1S/C14H18N2O3/c17-13(16-10-4-7-12(16)14(18)19)8-3-6-11-5-1-2-9-15-11/h1-2,5,9,12H,3-4,6-8,10H2,(H,18,19)/t12-/m1/s1. The Hall–Kier alpha value is -1.91. The number of hydrogen-bond acceptors (Lipinski definition) is 3. The maximum absolute atomic E-state index is 12.0. The van der Waals surface area contributed by atoms with Crippen LogP contribution in [0.25, 0.3) is 0 Å². The van der Waals surface area contributed by atoms with E-state index in [1.807, 2.05) is 18.2 Å². The quantitative estimate of drug-likeness (QED) is 0.872. The first kappa shape index (κ1) is 13.5. The zero-order chi connectivity index (χ0) is 13.7. The van der Waals surface area contributed by atoms with Crippen molar-refractivity contribution >= 4 is 11.9 Å². The van der Waals surface area contributed by atoms with Crippen molar-refractivity contribution in [3.8, 4) is 0 Å². The molecular formula is C14H18N2O3. The van der Waals surface area contributed by atoms with Crippen molar-refractivity contribution in [3.63, 3.8) is 0 Å². The number of pyridine rings is 1. The lowest BCUT2D eigenvalue weighted by Gasteiger charge is -2.21. The molecule has 1 N–H and O–H groups in total. The molecule has 0 saturated carbocycles. The summed E-state index contributed by atoms with van der Waals surface area (Å²) in [6, 6.07) is 5.09. The fourth-order valence-corrected chi connectivity index (χ4v) is 2.43. The van der Waals surface area contributed by atoms with Crippen molar-refractivity contribution in [1.82, 2.24) is 9.88 Å². The summed E-state index contributed by atoms with van der Waals surface area (Å²) in [6.45, 7) is 0.569. The lowest BCUT2D eigenvalue weighted by Crippen LogP contribution is -2.40. The molecule has 0 unspecified atom stereocenters. The summed E-state index contributed by atoms with van der Waals surface area (Å²) in [6.07, 6.45) is 4.93. The van der Waals surface area contributed by atoms with Gasteiger partial charge in [-0.2, -0.15) is 0 Å². The fourth-order valence-electron chi connectivity index (χ4n) is 2.43. The Balaban J connectivity index is 1.80. The van der Waals surface area contributed by atoms with Crippen molar-refractivity contribution in [3.05, 3.63) is 30.1 Å². The van der Waals surface area contributed by atoms with Gasteiger partial charge in [-0.3, -0.25) is 9.78 Å². The van der Waals surface area contributed by atoms with E-state index in [0.717, 1.165) is 18.5 Å². The van der Waals surface area contributed by atoms with Crippen molar-refractivity contribution < 1.29 is 14.7 Å². The molecule has 2 rings (SSSR count). The predicted molar refractivity (Wildman–Crippen MR) is 69.5 cm³/mol. The summed E-state index contributed by atoms with van der Waals surface area (Å²) >= 11 is 0. The minimum absolute atomic E-state index is 0.0548. The normalized spacial score (nSPS) is 18.5. The third-order valence-electron chi connectivity index (χ3n) is 3.41. The predicted octanol–water partition coefficient (Wildman–Crippen LogP) is 1.48. The van der Waals surface area contributed by atoms with E-state index in [2.05, 4.69) is 4.98 Å². The molecule has 1 aromatic rings. The Morgan fingerprint density at radius 3 is 2.95 bits per heavy atom. The molecule has 0 bridgehead atoms. The van der Waals surface area contributed by atoms with E-state index in [9.17, 15) is 9.59 Å². The molecule has 1 atom stereocenters. The fraction of sp³-hybridized carbons (Fsp3) is 0.500. The third kappa shape index (κ3) is 3.53. The van der Waals surface area contributed by atoms with Gasteiger partial charge in [-0.15, -0.1) is 0 Å². The highest BCUT2D eigenvalue weighted by molar-refractivity contribution is 5.84. The number of carboxylic acid groups (broad SMARTS) is 1. The lowest BCUT2D eigenvalue weighted by molar-refractivity contribution is -0.148. The number of aliphatic carboxylic acids is 1. The number of aromatic nitrogens is 1. The Kier molecular flexibility index (Phi) is 4.49. The first-order chi connectivity index (χ1) is 9.18. The smallest absolute Gasteiger partial charge is 0.326 e. The van der Waals surface area contributed by atoms with E-state index in [0.29, 0.717) is 25.8 Å². The lowest BCUT2D eigenvalue weighted by atomic mass is 10.1. The molecule has 5 heteroatoms. The second kappa shape index (κ2) is 6.31. The van der Waals surface area contributed by atoms with Crippen molar-refractivity contribution in [2.45, 2.75) is 38.1 Å². The molecule has 19 heavy (non-hydrogen) atoms. The van der Waals surface area contributed by atoms with Crippen LogP contribution in [-0.2, 0) is 16.0 Å². The first-order valence-electron chi connectivity index (χ1n) is 6.60. The minimum atomic E-state index is -0.893. The topological polar surface area (TPSA) is 70.5 Å². The van der Waals surface area contributed by atoms with E-state index >= 15 is 0 Å². The van der Waals surface area contributed by atoms with Gasteiger partial charge in [0.25, 0.3) is 0 Å². The summed E-state index contributed by atoms with van der Waals surface area (Å²) in [4.78, 5) is 28.7. The van der Waals surface area contributed by atoms with Crippen LogP contribution in [0.1, 0.15) is 31.4 Å². The number of rotatable bonds is 5. The Morgan fingerprint density at radius 1 is 1.42 bits per heavy atom. The zero-order valence-electron chi connectivity index (χ0n) is 10.8. The van der Waals surface area contributed by atoms with E-state index in [4.69, 9.17) is 5.11 Å². The Bertz CT molecular complexity index is 447. The molecule has 1 aliphatic heterocycles. The molecular weight excluding hydrogens is 244 g/mol. The van der Waals surface area contributed by atoms with Gasteiger partial charge in [0.05, 0.1) is 0 Å². The van der Waals surface area contributed by atoms with E-state index in [1.54, 1.807) is 6.20 Å². The second-order valence-electron chi connectivity index (χ2n) is 4.76. The van der Waals surface area contributed by atoms with Crippen LogP contribution in [0.5, 0.6) is 0 Å². The maximum Gasteiger partial charge on any atom is 0.326 e. The van der Waals surface area contributed by atoms with Gasteiger partial charge in [0.15, 0.2) is 0 Å². The molecule has 0 aromatic carbocycles. The summed E-state index contributed by atoms with van der Waals surface area (Å²) in [7, 11) is 0. The summed E-state index contributed by atoms with van der Waals surface area (Å²) in [5.74, 6) is -0.948. The van der Waals surface area contributed by atoms with Crippen LogP contribution in [0.15, 0.2) is 24.4 Å². The Labute approximate surface area is 112 Å². The number of aryl methyl sites for hydroxylation is 1. The van der Waals surface area contributed by atoms with Gasteiger partial charge in [-0.1, -0.05) is 6.07 Å². The van der Waals surface area contributed by atoms with E-state index < -0.39 is 12.0 Å². The van der Waals surface area contributed by atoms with Crippen LogP contribution in [0.4, 0.5) is 0 Å². The third-order valence-corrected chi connectivity index (χ3v) is 3.41. The van der Waals surface area contributed by atoms with Gasteiger partial charge in [-0.25, -0.2) is 4.79 Å². The van der Waals surface area contributed by atoms with Crippen LogP contribution in [0.3, 0.4) is 0 Å². The van der Waals surface area contributed by atoms with Crippen LogP contribution in [-0.4, -0.2) is 39.5 Å². The molecule has 1 saturated heterocycles. The molecule has 2 heterocycles. The highest BCUT2D eigenvalue weighted by Crippen LogP contribution is 2.19. The molecule has 0 radical (unpaired) electrons. The van der Waals surface area contributed by atoms with Gasteiger partial charge < -0.3 is 10.0 Å². The van der Waals surface area contributed by atoms with Crippen molar-refractivity contribution in [1.29, 1.82) is 0 Å². The number of carboxylic acids is 1. The molecule has 102 valence electrons. The molecule has 1 aliphatic rings. The van der Waals surface area contributed by atoms with Gasteiger partial charge in [0.2, 0.25) is 5.91 Å². The van der Waals surface area contributed by atoms with E-state index in [-0.39, 0.29) is 5.91 Å². The van der Waals surface area contributed by atoms with Gasteiger partial charge in [-0.05, 0) is 37.8 Å².